The van der Waals surface area contributed by atoms with Gasteiger partial charge >= 0.3 is 6.18 Å². The Balaban J connectivity index is 1.98. The second-order valence-electron chi connectivity index (χ2n) is 6.93. The number of nitro groups is 1. The third kappa shape index (κ3) is 6.91. The molecule has 0 bridgehead atoms. The number of nitrogens with one attached hydrogen (secondary N) is 1. The van der Waals surface area contributed by atoms with Crippen molar-refractivity contribution in [2.75, 3.05) is 26.2 Å². The minimum atomic E-state index is -4.59. The number of likely N-dealkylation sites (tertiary alicyclic amines) is 1. The highest BCUT2D eigenvalue weighted by molar-refractivity contribution is 5.98. The molecule has 2 rings (SSSR count). The minimum absolute atomic E-state index is 0.0243. The number of piperidine rings is 1. The molecule has 1 aliphatic heterocycles. The first-order valence-electron chi connectivity index (χ1n) is 9.11. The number of hydrogen-bond donors (Lipinski definition) is 1. The molecule has 1 saturated heterocycles. The first-order valence-corrected chi connectivity index (χ1v) is 9.11. The largest absolute Gasteiger partial charge is 0.484 e. The number of carbonyl (C=O) groups is 2. The van der Waals surface area contributed by atoms with E-state index < -0.39 is 34.9 Å². The summed E-state index contributed by atoms with van der Waals surface area (Å²) in [6.07, 6.45) is -2.60. The zero-order valence-electron chi connectivity index (χ0n) is 15.8. The highest BCUT2D eigenvalue weighted by Crippen LogP contribution is 2.26. The number of ether oxygens (including phenoxy) is 1. The molecule has 0 spiro atoms. The van der Waals surface area contributed by atoms with Crippen LogP contribution in [0, 0.1) is 16.0 Å². The van der Waals surface area contributed by atoms with Gasteiger partial charge in [0, 0.05) is 32.1 Å². The van der Waals surface area contributed by atoms with Gasteiger partial charge in [-0.3, -0.25) is 19.7 Å². The van der Waals surface area contributed by atoms with Crippen LogP contribution in [0.5, 0.6) is 5.75 Å². The summed E-state index contributed by atoms with van der Waals surface area (Å²) in [7, 11) is 0. The quantitative estimate of drug-likeness (QED) is 0.543. The maximum Gasteiger partial charge on any atom is 0.422 e. The number of amides is 2. The SMILES string of the molecule is CC1CCCN(C(=O)CCNC(=O)c2cc(OCC(F)(F)F)ccc2[N+](=O)[O-])C1. The number of nitro benzene ring substituents is 1. The monoisotopic (exact) mass is 417 g/mol. The van der Waals surface area contributed by atoms with Gasteiger partial charge in [0.1, 0.15) is 11.3 Å². The normalized spacial score (nSPS) is 17.0. The van der Waals surface area contributed by atoms with Crippen LogP contribution >= 0.6 is 0 Å². The summed E-state index contributed by atoms with van der Waals surface area (Å²) in [4.78, 5) is 36.5. The number of nitrogens with zero attached hydrogens (tertiary/aromatic N) is 2. The van der Waals surface area contributed by atoms with Crippen LogP contribution in [0.4, 0.5) is 18.9 Å². The molecule has 0 radical (unpaired) electrons. The van der Waals surface area contributed by atoms with Crippen molar-refractivity contribution in [2.24, 2.45) is 5.92 Å². The van der Waals surface area contributed by atoms with Crippen LogP contribution < -0.4 is 10.1 Å². The summed E-state index contributed by atoms with van der Waals surface area (Å²) in [6, 6.07) is 2.77. The van der Waals surface area contributed by atoms with Gasteiger partial charge < -0.3 is 15.0 Å². The molecule has 0 saturated carbocycles. The molecule has 160 valence electrons. The molecule has 0 aliphatic carbocycles. The summed E-state index contributed by atoms with van der Waals surface area (Å²) in [6.45, 7) is 1.72. The summed E-state index contributed by atoms with van der Waals surface area (Å²) in [5, 5.41) is 13.5. The number of halogens is 3. The predicted octanol–water partition coefficient (Wildman–Crippen LogP) is 2.91. The van der Waals surface area contributed by atoms with Gasteiger partial charge in [-0.15, -0.1) is 0 Å². The molecule has 1 aromatic rings. The Morgan fingerprint density at radius 3 is 2.72 bits per heavy atom. The zero-order valence-corrected chi connectivity index (χ0v) is 15.8. The third-order valence-corrected chi connectivity index (χ3v) is 4.45. The molecule has 1 heterocycles. The number of benzene rings is 1. The van der Waals surface area contributed by atoms with E-state index in [1.165, 1.54) is 0 Å². The summed E-state index contributed by atoms with van der Waals surface area (Å²) in [5.74, 6) is -0.914. The second kappa shape index (κ2) is 9.57. The van der Waals surface area contributed by atoms with Gasteiger partial charge in [-0.2, -0.15) is 13.2 Å². The Bertz CT molecular complexity index is 770. The molecule has 1 fully saturated rings. The highest BCUT2D eigenvalue weighted by Gasteiger charge is 2.29. The Labute approximate surface area is 165 Å². The van der Waals surface area contributed by atoms with Crippen molar-refractivity contribution >= 4 is 17.5 Å². The molecule has 1 unspecified atom stereocenters. The van der Waals surface area contributed by atoms with E-state index in [9.17, 15) is 32.9 Å². The molecule has 1 atom stereocenters. The van der Waals surface area contributed by atoms with Gasteiger partial charge in [0.15, 0.2) is 6.61 Å². The molecule has 29 heavy (non-hydrogen) atoms. The van der Waals surface area contributed by atoms with E-state index in [1.807, 2.05) is 6.92 Å². The number of alkyl halides is 3. The van der Waals surface area contributed by atoms with E-state index in [4.69, 9.17) is 0 Å². The first-order chi connectivity index (χ1) is 13.6. The smallest absolute Gasteiger partial charge is 0.422 e. The van der Waals surface area contributed by atoms with Gasteiger partial charge in [0.05, 0.1) is 4.92 Å². The van der Waals surface area contributed by atoms with E-state index in [0.29, 0.717) is 19.0 Å². The van der Waals surface area contributed by atoms with Gasteiger partial charge in [-0.1, -0.05) is 6.92 Å². The number of carbonyl (C=O) groups excluding carboxylic acids is 2. The van der Waals surface area contributed by atoms with Crippen molar-refractivity contribution in [3.05, 3.63) is 33.9 Å². The lowest BCUT2D eigenvalue weighted by molar-refractivity contribution is -0.385. The molecule has 1 aliphatic rings. The lowest BCUT2D eigenvalue weighted by atomic mass is 10.00. The molecule has 1 N–H and O–H groups in total. The minimum Gasteiger partial charge on any atom is -0.484 e. The Morgan fingerprint density at radius 2 is 2.10 bits per heavy atom. The summed E-state index contributed by atoms with van der Waals surface area (Å²) >= 11 is 0. The number of rotatable bonds is 7. The van der Waals surface area contributed by atoms with Gasteiger partial charge in [0.25, 0.3) is 11.6 Å². The van der Waals surface area contributed by atoms with E-state index in [0.717, 1.165) is 31.0 Å². The standard InChI is InChI=1S/C18H22F3N3O5/c1-12-3-2-8-23(10-12)16(25)6-7-22-17(26)14-9-13(29-11-18(19,20)21)4-5-15(14)24(27)28/h4-5,9,12H,2-3,6-8,10-11H2,1H3,(H,22,26). The summed E-state index contributed by atoms with van der Waals surface area (Å²) in [5.41, 5.74) is -1.01. The maximum absolute atomic E-state index is 12.3. The van der Waals surface area contributed by atoms with Crippen LogP contribution in [0.3, 0.4) is 0 Å². The van der Waals surface area contributed by atoms with Gasteiger partial charge in [-0.05, 0) is 30.9 Å². The predicted molar refractivity (Wildman–Crippen MR) is 96.6 cm³/mol. The van der Waals surface area contributed by atoms with Crippen molar-refractivity contribution in [2.45, 2.75) is 32.4 Å². The van der Waals surface area contributed by atoms with Crippen molar-refractivity contribution in [3.8, 4) is 5.75 Å². The first kappa shape index (κ1) is 22.4. The van der Waals surface area contributed by atoms with E-state index in [2.05, 4.69) is 10.1 Å². The molecule has 8 nitrogen and oxygen atoms in total. The number of hydrogen-bond acceptors (Lipinski definition) is 5. The third-order valence-electron chi connectivity index (χ3n) is 4.45. The molecular formula is C18H22F3N3O5. The Morgan fingerprint density at radius 1 is 1.38 bits per heavy atom. The fourth-order valence-electron chi connectivity index (χ4n) is 3.06. The van der Waals surface area contributed by atoms with Crippen LogP contribution in [0.15, 0.2) is 18.2 Å². The Kier molecular flexibility index (Phi) is 7.40. The molecule has 11 heteroatoms. The van der Waals surface area contributed by atoms with Crippen LogP contribution in [0.1, 0.15) is 36.5 Å². The average Bonchev–Trinajstić information content (AvgIpc) is 2.65. The maximum atomic E-state index is 12.3. The fraction of sp³-hybridized carbons (Fsp3) is 0.556. The lowest BCUT2D eigenvalue weighted by Gasteiger charge is -2.31. The van der Waals surface area contributed by atoms with E-state index >= 15 is 0 Å². The van der Waals surface area contributed by atoms with Crippen LogP contribution in [-0.2, 0) is 4.79 Å². The fourth-order valence-corrected chi connectivity index (χ4v) is 3.06. The Hall–Kier alpha value is -2.85. The van der Waals surface area contributed by atoms with Crippen molar-refractivity contribution in [1.29, 1.82) is 0 Å². The average molecular weight is 417 g/mol. The molecule has 2 amide bonds. The van der Waals surface area contributed by atoms with Crippen LogP contribution in [0.2, 0.25) is 0 Å². The highest BCUT2D eigenvalue weighted by atomic mass is 19.4. The molecule has 1 aromatic carbocycles. The van der Waals surface area contributed by atoms with Crippen LogP contribution in [0.25, 0.3) is 0 Å². The lowest BCUT2D eigenvalue weighted by Crippen LogP contribution is -2.40. The summed E-state index contributed by atoms with van der Waals surface area (Å²) < 4.78 is 41.4. The van der Waals surface area contributed by atoms with E-state index in [1.54, 1.807) is 4.90 Å². The molecule has 0 aromatic heterocycles. The van der Waals surface area contributed by atoms with Crippen molar-refractivity contribution in [1.82, 2.24) is 10.2 Å². The van der Waals surface area contributed by atoms with Gasteiger partial charge in [0.2, 0.25) is 5.91 Å². The topological polar surface area (TPSA) is 102 Å². The zero-order chi connectivity index (χ0) is 21.6. The van der Waals surface area contributed by atoms with Crippen LogP contribution in [-0.4, -0.2) is 54.1 Å². The second-order valence-corrected chi connectivity index (χ2v) is 6.93. The molecular weight excluding hydrogens is 395 g/mol. The van der Waals surface area contributed by atoms with Crippen molar-refractivity contribution in [3.63, 3.8) is 0 Å². The van der Waals surface area contributed by atoms with Crippen molar-refractivity contribution < 1.29 is 32.4 Å². The van der Waals surface area contributed by atoms with Gasteiger partial charge in [-0.25, -0.2) is 0 Å². The van der Waals surface area contributed by atoms with E-state index in [-0.39, 0.29) is 24.6 Å².